The van der Waals surface area contributed by atoms with E-state index in [1.807, 2.05) is 0 Å². The number of alkyl halides is 3. The highest BCUT2D eigenvalue weighted by molar-refractivity contribution is 5.42. The lowest BCUT2D eigenvalue weighted by Crippen LogP contribution is -2.37. The highest BCUT2D eigenvalue weighted by Gasteiger charge is 2.43. The molecule has 1 aromatic rings. The van der Waals surface area contributed by atoms with Crippen LogP contribution in [0.25, 0.3) is 0 Å². The summed E-state index contributed by atoms with van der Waals surface area (Å²) in [5.74, 6) is 0.773. The van der Waals surface area contributed by atoms with Gasteiger partial charge in [-0.1, -0.05) is 6.07 Å². The maximum absolute atomic E-state index is 12.5. The van der Waals surface area contributed by atoms with Crippen LogP contribution in [0.15, 0.2) is 18.2 Å². The molecule has 0 aliphatic carbocycles. The molecule has 0 radical (unpaired) electrons. The first-order chi connectivity index (χ1) is 7.50. The van der Waals surface area contributed by atoms with Crippen LogP contribution in [0.3, 0.4) is 0 Å². The highest BCUT2D eigenvalue weighted by Crippen LogP contribution is 2.36. The fourth-order valence-electron chi connectivity index (χ4n) is 1.71. The van der Waals surface area contributed by atoms with Crippen molar-refractivity contribution in [1.82, 2.24) is 0 Å². The summed E-state index contributed by atoms with van der Waals surface area (Å²) in [6.07, 6.45) is -5.65. The molecule has 0 spiro atoms. The average Bonchev–Trinajstić information content (AvgIpc) is 2.26. The number of ether oxygens (including phenoxy) is 2. The lowest BCUT2D eigenvalue weighted by molar-refractivity contribution is -0.199. The Kier molecular flexibility index (Phi) is 2.69. The van der Waals surface area contributed by atoms with Crippen molar-refractivity contribution < 1.29 is 22.6 Å². The Labute approximate surface area is 91.0 Å². The SMILES string of the molecule is COc1ccc2c(c1)OC(C(F)(F)F)CC2. The minimum Gasteiger partial charge on any atom is -0.497 e. The first-order valence-corrected chi connectivity index (χ1v) is 4.91. The van der Waals surface area contributed by atoms with Crippen LogP contribution in [-0.4, -0.2) is 19.4 Å². The van der Waals surface area contributed by atoms with Gasteiger partial charge in [0.05, 0.1) is 7.11 Å². The zero-order valence-corrected chi connectivity index (χ0v) is 8.67. The molecule has 2 rings (SSSR count). The van der Waals surface area contributed by atoms with Gasteiger partial charge in [-0.3, -0.25) is 0 Å². The second-order valence-electron chi connectivity index (χ2n) is 3.66. The second-order valence-corrected chi connectivity index (χ2v) is 3.66. The van der Waals surface area contributed by atoms with Crippen molar-refractivity contribution in [2.75, 3.05) is 7.11 Å². The van der Waals surface area contributed by atoms with E-state index in [4.69, 9.17) is 9.47 Å². The molecule has 16 heavy (non-hydrogen) atoms. The molecule has 1 aliphatic rings. The van der Waals surface area contributed by atoms with Crippen LogP contribution in [-0.2, 0) is 6.42 Å². The summed E-state index contributed by atoms with van der Waals surface area (Å²) in [5.41, 5.74) is 0.793. The summed E-state index contributed by atoms with van der Waals surface area (Å²) in [4.78, 5) is 0. The van der Waals surface area contributed by atoms with Gasteiger partial charge in [-0.25, -0.2) is 0 Å². The van der Waals surface area contributed by atoms with Crippen LogP contribution >= 0.6 is 0 Å². The number of aryl methyl sites for hydroxylation is 1. The van der Waals surface area contributed by atoms with Gasteiger partial charge in [0.1, 0.15) is 11.5 Å². The van der Waals surface area contributed by atoms with Gasteiger partial charge >= 0.3 is 6.18 Å². The van der Waals surface area contributed by atoms with Crippen molar-refractivity contribution in [2.45, 2.75) is 25.1 Å². The van der Waals surface area contributed by atoms with Gasteiger partial charge in [0.2, 0.25) is 0 Å². The molecule has 0 amide bonds. The summed E-state index contributed by atoms with van der Waals surface area (Å²) in [6, 6.07) is 4.95. The van der Waals surface area contributed by atoms with Crippen LogP contribution < -0.4 is 9.47 Å². The topological polar surface area (TPSA) is 18.5 Å². The van der Waals surface area contributed by atoms with Gasteiger partial charge in [-0.2, -0.15) is 13.2 Å². The number of methoxy groups -OCH3 is 1. The maximum Gasteiger partial charge on any atom is 0.425 e. The monoisotopic (exact) mass is 232 g/mol. The van der Waals surface area contributed by atoms with Crippen LogP contribution in [0.4, 0.5) is 13.2 Å². The van der Waals surface area contributed by atoms with Crippen LogP contribution in [0.5, 0.6) is 11.5 Å². The average molecular weight is 232 g/mol. The molecular formula is C11H11F3O2. The van der Waals surface area contributed by atoms with Crippen molar-refractivity contribution >= 4 is 0 Å². The lowest BCUT2D eigenvalue weighted by atomic mass is 10.0. The van der Waals surface area contributed by atoms with E-state index in [-0.39, 0.29) is 12.2 Å². The Bertz CT molecular complexity index is 387. The smallest absolute Gasteiger partial charge is 0.425 e. The number of rotatable bonds is 1. The molecule has 0 saturated heterocycles. The standard InChI is InChI=1S/C11H11F3O2/c1-15-8-4-2-7-3-5-10(11(12,13)14)16-9(7)6-8/h2,4,6,10H,3,5H2,1H3. The number of benzene rings is 1. The zero-order valence-electron chi connectivity index (χ0n) is 8.67. The quantitative estimate of drug-likeness (QED) is 0.741. The third-order valence-electron chi connectivity index (χ3n) is 2.58. The molecule has 1 aromatic carbocycles. The molecule has 1 atom stereocenters. The number of hydrogen-bond donors (Lipinski definition) is 0. The van der Waals surface area contributed by atoms with Crippen molar-refractivity contribution in [2.24, 2.45) is 0 Å². The highest BCUT2D eigenvalue weighted by atomic mass is 19.4. The molecule has 5 heteroatoms. The third kappa shape index (κ3) is 2.08. The minimum absolute atomic E-state index is 0.0250. The molecule has 0 fully saturated rings. The van der Waals surface area contributed by atoms with Crippen molar-refractivity contribution in [3.05, 3.63) is 23.8 Å². The van der Waals surface area contributed by atoms with E-state index in [9.17, 15) is 13.2 Å². The van der Waals surface area contributed by atoms with Crippen LogP contribution in [0, 0.1) is 0 Å². The van der Waals surface area contributed by atoms with E-state index < -0.39 is 12.3 Å². The normalized spacial score (nSPS) is 19.9. The van der Waals surface area contributed by atoms with Gasteiger partial charge in [0, 0.05) is 6.07 Å². The van der Waals surface area contributed by atoms with E-state index in [1.54, 1.807) is 12.1 Å². The van der Waals surface area contributed by atoms with E-state index in [0.29, 0.717) is 12.2 Å². The number of fused-ring (bicyclic) bond motifs is 1. The fourth-order valence-corrected chi connectivity index (χ4v) is 1.71. The maximum atomic E-state index is 12.5. The Hall–Kier alpha value is -1.39. The first-order valence-electron chi connectivity index (χ1n) is 4.91. The van der Waals surface area contributed by atoms with Gasteiger partial charge in [-0.15, -0.1) is 0 Å². The zero-order chi connectivity index (χ0) is 11.8. The molecule has 1 unspecified atom stereocenters. The summed E-state index contributed by atoms with van der Waals surface area (Å²) >= 11 is 0. The molecular weight excluding hydrogens is 221 g/mol. The summed E-state index contributed by atoms with van der Waals surface area (Å²) in [6.45, 7) is 0. The predicted octanol–water partition coefficient (Wildman–Crippen LogP) is 2.95. The predicted molar refractivity (Wildman–Crippen MR) is 51.8 cm³/mol. The Morgan fingerprint density at radius 1 is 1.38 bits per heavy atom. The Morgan fingerprint density at radius 2 is 2.12 bits per heavy atom. The summed E-state index contributed by atoms with van der Waals surface area (Å²) < 4.78 is 47.3. The summed E-state index contributed by atoms with van der Waals surface area (Å²) in [5, 5.41) is 0. The van der Waals surface area contributed by atoms with E-state index in [1.165, 1.54) is 13.2 Å². The number of halogens is 3. The summed E-state index contributed by atoms with van der Waals surface area (Å²) in [7, 11) is 1.46. The third-order valence-corrected chi connectivity index (χ3v) is 2.58. The molecule has 2 nitrogen and oxygen atoms in total. The molecule has 0 N–H and O–H groups in total. The minimum atomic E-state index is -4.30. The van der Waals surface area contributed by atoms with Gasteiger partial charge in [0.15, 0.2) is 6.10 Å². The van der Waals surface area contributed by atoms with Crippen molar-refractivity contribution in [3.8, 4) is 11.5 Å². The Morgan fingerprint density at radius 3 is 2.75 bits per heavy atom. The molecule has 0 bridgehead atoms. The first kappa shape index (κ1) is 11.1. The number of hydrogen-bond acceptors (Lipinski definition) is 2. The molecule has 1 aliphatic heterocycles. The molecule has 0 saturated carbocycles. The lowest BCUT2D eigenvalue weighted by Gasteiger charge is -2.27. The Balaban J connectivity index is 2.25. The van der Waals surface area contributed by atoms with Crippen LogP contribution in [0.1, 0.15) is 12.0 Å². The second kappa shape index (κ2) is 3.88. The fraction of sp³-hybridized carbons (Fsp3) is 0.455. The van der Waals surface area contributed by atoms with Crippen molar-refractivity contribution in [3.63, 3.8) is 0 Å². The van der Waals surface area contributed by atoms with Crippen LogP contribution in [0.2, 0.25) is 0 Å². The van der Waals surface area contributed by atoms with Gasteiger partial charge in [0.25, 0.3) is 0 Å². The molecule has 88 valence electrons. The van der Waals surface area contributed by atoms with Gasteiger partial charge in [-0.05, 0) is 24.5 Å². The van der Waals surface area contributed by atoms with Gasteiger partial charge < -0.3 is 9.47 Å². The van der Waals surface area contributed by atoms with E-state index in [0.717, 1.165) is 5.56 Å². The molecule has 0 aromatic heterocycles. The van der Waals surface area contributed by atoms with E-state index >= 15 is 0 Å². The molecule has 1 heterocycles. The van der Waals surface area contributed by atoms with Crippen molar-refractivity contribution in [1.29, 1.82) is 0 Å². The largest absolute Gasteiger partial charge is 0.497 e. The van der Waals surface area contributed by atoms with E-state index in [2.05, 4.69) is 0 Å².